The molecule has 0 aliphatic carbocycles. The third kappa shape index (κ3) is 4.28. The van der Waals surface area contributed by atoms with Gasteiger partial charge in [0.25, 0.3) is 0 Å². The smallest absolute Gasteiger partial charge is 0.323 e. The van der Waals surface area contributed by atoms with E-state index in [9.17, 15) is 4.79 Å². The number of aromatic nitrogens is 1. The number of carbonyl (C=O) groups excluding carboxylic acids is 1. The first-order chi connectivity index (χ1) is 9.63. The van der Waals surface area contributed by atoms with Crippen molar-refractivity contribution in [1.82, 2.24) is 10.3 Å². The van der Waals surface area contributed by atoms with Crippen molar-refractivity contribution in [3.05, 3.63) is 53.7 Å². The summed E-state index contributed by atoms with van der Waals surface area (Å²) in [7, 11) is 0. The molecule has 0 aliphatic heterocycles. The number of pyridine rings is 1. The van der Waals surface area contributed by atoms with Gasteiger partial charge in [-0.2, -0.15) is 0 Å². The molecule has 0 radical (unpaired) electrons. The topological polar surface area (TPSA) is 63.2 Å². The Morgan fingerprint density at radius 2 is 1.80 bits per heavy atom. The highest BCUT2D eigenvalue weighted by molar-refractivity contribution is 5.88. The first-order valence-electron chi connectivity index (χ1n) is 6.30. The van der Waals surface area contributed by atoms with Gasteiger partial charge >= 0.3 is 6.03 Å². The van der Waals surface area contributed by atoms with Crippen LogP contribution in [0.5, 0.6) is 5.75 Å². The summed E-state index contributed by atoms with van der Waals surface area (Å²) in [5.74, 6) is 1.22. The molecule has 2 aromatic rings. The fraction of sp³-hybridized carbons (Fsp3) is 0.200. The normalized spacial score (nSPS) is 9.90. The van der Waals surface area contributed by atoms with Gasteiger partial charge in [0.15, 0.2) is 6.73 Å². The average Bonchev–Trinajstić information content (AvgIpc) is 2.44. The molecule has 2 amide bonds. The van der Waals surface area contributed by atoms with E-state index in [2.05, 4.69) is 15.6 Å². The molecule has 2 rings (SSSR count). The largest absolute Gasteiger partial charge is 0.473 e. The summed E-state index contributed by atoms with van der Waals surface area (Å²) in [4.78, 5) is 15.7. The summed E-state index contributed by atoms with van der Waals surface area (Å²) in [6.07, 6.45) is 1.69. The lowest BCUT2D eigenvalue weighted by Crippen LogP contribution is -2.32. The van der Waals surface area contributed by atoms with Crippen molar-refractivity contribution >= 4 is 11.8 Å². The number of anilines is 1. The van der Waals surface area contributed by atoms with Crippen molar-refractivity contribution in [2.75, 3.05) is 12.0 Å². The van der Waals surface area contributed by atoms with Crippen LogP contribution in [0.3, 0.4) is 0 Å². The van der Waals surface area contributed by atoms with Gasteiger partial charge in [0.2, 0.25) is 0 Å². The van der Waals surface area contributed by atoms with Crippen molar-refractivity contribution in [1.29, 1.82) is 0 Å². The minimum Gasteiger partial charge on any atom is -0.473 e. The van der Waals surface area contributed by atoms with Crippen LogP contribution in [0.1, 0.15) is 11.1 Å². The number of hydrogen-bond acceptors (Lipinski definition) is 3. The number of rotatable bonds is 4. The van der Waals surface area contributed by atoms with E-state index in [0.29, 0.717) is 11.6 Å². The van der Waals surface area contributed by atoms with E-state index in [-0.39, 0.29) is 12.8 Å². The Bertz CT molecular complexity index is 565. The molecule has 0 saturated heterocycles. The number of ether oxygens (including phenoxy) is 1. The zero-order chi connectivity index (χ0) is 14.4. The van der Waals surface area contributed by atoms with E-state index >= 15 is 0 Å². The van der Waals surface area contributed by atoms with Gasteiger partial charge in [-0.1, -0.05) is 23.8 Å². The molecule has 0 spiro atoms. The molecule has 5 nitrogen and oxygen atoms in total. The van der Waals surface area contributed by atoms with Crippen LogP contribution < -0.4 is 15.4 Å². The Balaban J connectivity index is 1.75. The molecule has 1 aromatic carbocycles. The quantitative estimate of drug-likeness (QED) is 0.840. The predicted octanol–water partition coefficient (Wildman–Crippen LogP) is 2.86. The van der Waals surface area contributed by atoms with E-state index < -0.39 is 0 Å². The highest BCUT2D eigenvalue weighted by Crippen LogP contribution is 2.10. The van der Waals surface area contributed by atoms with Crippen LogP contribution in [0, 0.1) is 13.8 Å². The Hall–Kier alpha value is -2.56. The van der Waals surface area contributed by atoms with Crippen molar-refractivity contribution < 1.29 is 9.53 Å². The van der Waals surface area contributed by atoms with Crippen molar-refractivity contribution in [2.24, 2.45) is 0 Å². The van der Waals surface area contributed by atoms with Crippen molar-refractivity contribution in [2.45, 2.75) is 13.8 Å². The Morgan fingerprint density at radius 3 is 2.45 bits per heavy atom. The zero-order valence-electron chi connectivity index (χ0n) is 11.5. The van der Waals surface area contributed by atoms with E-state index in [1.807, 2.05) is 44.2 Å². The highest BCUT2D eigenvalue weighted by Gasteiger charge is 2.02. The Labute approximate surface area is 118 Å². The minimum absolute atomic E-state index is 0.0980. The molecule has 0 unspecified atom stereocenters. The fourth-order valence-electron chi connectivity index (χ4n) is 1.52. The average molecular weight is 271 g/mol. The molecular weight excluding hydrogens is 254 g/mol. The molecule has 2 N–H and O–H groups in total. The monoisotopic (exact) mass is 271 g/mol. The van der Waals surface area contributed by atoms with Crippen LogP contribution in [-0.2, 0) is 0 Å². The van der Waals surface area contributed by atoms with Gasteiger partial charge in [0.1, 0.15) is 11.6 Å². The third-order valence-electron chi connectivity index (χ3n) is 2.65. The Morgan fingerprint density at radius 1 is 1.10 bits per heavy atom. The lowest BCUT2D eigenvalue weighted by molar-refractivity contribution is 0.234. The lowest BCUT2D eigenvalue weighted by Gasteiger charge is -2.09. The van der Waals surface area contributed by atoms with Gasteiger partial charge in [-0.15, -0.1) is 0 Å². The molecule has 1 aromatic heterocycles. The number of urea groups is 1. The maximum atomic E-state index is 11.6. The molecule has 1 heterocycles. The van der Waals surface area contributed by atoms with Crippen LogP contribution in [0.2, 0.25) is 0 Å². The zero-order valence-corrected chi connectivity index (χ0v) is 11.5. The third-order valence-corrected chi connectivity index (χ3v) is 2.65. The second-order valence-electron chi connectivity index (χ2n) is 4.45. The minimum atomic E-state index is -0.353. The standard InChI is InChI=1S/C15H17N3O2/c1-11-3-6-13(7-4-11)20-10-17-15(19)18-14-8-5-12(2)9-16-14/h3-9H,10H2,1-2H3,(H2,16,17,18,19). The number of aryl methyl sites for hydroxylation is 2. The van der Waals surface area contributed by atoms with Gasteiger partial charge in [-0.3, -0.25) is 5.32 Å². The maximum absolute atomic E-state index is 11.6. The number of hydrogen-bond donors (Lipinski definition) is 2. The van der Waals surface area contributed by atoms with Crippen molar-refractivity contribution in [3.63, 3.8) is 0 Å². The molecule has 20 heavy (non-hydrogen) atoms. The van der Waals surface area contributed by atoms with Gasteiger partial charge in [0.05, 0.1) is 0 Å². The van der Waals surface area contributed by atoms with Gasteiger partial charge in [-0.25, -0.2) is 9.78 Å². The molecule has 5 heteroatoms. The second kappa shape index (κ2) is 6.56. The molecule has 0 fully saturated rings. The number of nitrogens with zero attached hydrogens (tertiary/aromatic N) is 1. The number of nitrogens with one attached hydrogen (secondary N) is 2. The molecule has 0 aliphatic rings. The summed E-state index contributed by atoms with van der Waals surface area (Å²) < 4.78 is 5.40. The summed E-state index contributed by atoms with van der Waals surface area (Å²) in [5.41, 5.74) is 2.20. The van der Waals surface area contributed by atoms with Crippen molar-refractivity contribution in [3.8, 4) is 5.75 Å². The van der Waals surface area contributed by atoms with E-state index in [1.54, 1.807) is 12.3 Å². The van der Waals surface area contributed by atoms with Gasteiger partial charge in [0, 0.05) is 6.20 Å². The summed E-state index contributed by atoms with van der Waals surface area (Å²) in [6.45, 7) is 4.04. The predicted molar refractivity (Wildman–Crippen MR) is 77.8 cm³/mol. The molecule has 0 saturated carbocycles. The van der Waals surface area contributed by atoms with E-state index in [4.69, 9.17) is 4.74 Å². The SMILES string of the molecule is Cc1ccc(OCNC(=O)Nc2ccc(C)cn2)cc1. The summed E-state index contributed by atoms with van der Waals surface area (Å²) >= 11 is 0. The van der Waals surface area contributed by atoms with Crippen LogP contribution >= 0.6 is 0 Å². The van der Waals surface area contributed by atoms with Gasteiger partial charge in [-0.05, 0) is 37.6 Å². The first-order valence-corrected chi connectivity index (χ1v) is 6.30. The number of amides is 2. The first kappa shape index (κ1) is 13.9. The fourth-order valence-corrected chi connectivity index (χ4v) is 1.52. The summed E-state index contributed by atoms with van der Waals surface area (Å²) in [6, 6.07) is 10.9. The van der Waals surface area contributed by atoms with E-state index in [0.717, 1.165) is 11.1 Å². The Kier molecular flexibility index (Phi) is 4.55. The molecule has 0 atom stereocenters. The molecule has 0 bridgehead atoms. The number of carbonyl (C=O) groups is 1. The van der Waals surface area contributed by atoms with Crippen LogP contribution in [-0.4, -0.2) is 17.7 Å². The number of benzene rings is 1. The maximum Gasteiger partial charge on any atom is 0.323 e. The van der Waals surface area contributed by atoms with E-state index in [1.165, 1.54) is 0 Å². The van der Waals surface area contributed by atoms with Crippen LogP contribution in [0.15, 0.2) is 42.6 Å². The van der Waals surface area contributed by atoms with Gasteiger partial charge < -0.3 is 10.1 Å². The summed E-state index contributed by atoms with van der Waals surface area (Å²) in [5, 5.41) is 5.22. The molecular formula is C15H17N3O2. The lowest BCUT2D eigenvalue weighted by atomic mass is 10.2. The highest BCUT2D eigenvalue weighted by atomic mass is 16.5. The van der Waals surface area contributed by atoms with Crippen LogP contribution in [0.4, 0.5) is 10.6 Å². The second-order valence-corrected chi connectivity index (χ2v) is 4.45. The molecule has 104 valence electrons. The van der Waals surface area contributed by atoms with Crippen LogP contribution in [0.25, 0.3) is 0 Å².